The quantitative estimate of drug-likeness (QED) is 0.732. The molecule has 17 heavy (non-hydrogen) atoms. The standard InChI is InChI=1S/C13H19NO2S/c1-3-4-5-12(13(15)16)14-17-11-8-6-10(2)7-9-11/h6-9,12,14H,3-5H2,1-2H3,(H,15,16)/t12-/m0/s1. The number of carbonyl (C=O) groups is 1. The van der Waals surface area contributed by atoms with Crippen LogP contribution in [0.3, 0.4) is 0 Å². The third kappa shape index (κ3) is 5.24. The SMILES string of the molecule is CCCC[C@H](NSc1ccc(C)cc1)C(=O)O. The van der Waals surface area contributed by atoms with Crippen LogP contribution in [0.2, 0.25) is 0 Å². The molecule has 0 heterocycles. The van der Waals surface area contributed by atoms with Gasteiger partial charge in [-0.2, -0.15) is 0 Å². The maximum atomic E-state index is 11.0. The summed E-state index contributed by atoms with van der Waals surface area (Å²) in [5, 5.41) is 9.05. The number of benzene rings is 1. The minimum Gasteiger partial charge on any atom is -0.480 e. The second-order valence-corrected chi connectivity index (χ2v) is 4.98. The zero-order valence-corrected chi connectivity index (χ0v) is 11.1. The van der Waals surface area contributed by atoms with Gasteiger partial charge in [-0.25, -0.2) is 4.72 Å². The second kappa shape index (κ2) is 7.35. The van der Waals surface area contributed by atoms with Gasteiger partial charge in [-0.1, -0.05) is 37.5 Å². The Kier molecular flexibility index (Phi) is 6.08. The van der Waals surface area contributed by atoms with E-state index >= 15 is 0 Å². The van der Waals surface area contributed by atoms with Gasteiger partial charge in [0.1, 0.15) is 6.04 Å². The first-order chi connectivity index (χ1) is 8.13. The Hall–Kier alpha value is -1.00. The lowest BCUT2D eigenvalue weighted by Gasteiger charge is -2.13. The zero-order valence-electron chi connectivity index (χ0n) is 10.3. The van der Waals surface area contributed by atoms with Gasteiger partial charge in [-0.05, 0) is 37.4 Å². The summed E-state index contributed by atoms with van der Waals surface area (Å²) < 4.78 is 3.01. The normalized spacial score (nSPS) is 12.4. The average Bonchev–Trinajstić information content (AvgIpc) is 2.31. The fraction of sp³-hybridized carbons (Fsp3) is 0.462. The first-order valence-electron chi connectivity index (χ1n) is 5.85. The molecule has 1 aromatic carbocycles. The van der Waals surface area contributed by atoms with Crippen LogP contribution in [0.4, 0.5) is 0 Å². The summed E-state index contributed by atoms with van der Waals surface area (Å²) in [6, 6.07) is 7.55. The van der Waals surface area contributed by atoms with Crippen LogP contribution in [0, 0.1) is 6.92 Å². The zero-order chi connectivity index (χ0) is 12.7. The lowest BCUT2D eigenvalue weighted by Crippen LogP contribution is -2.31. The number of hydrogen-bond donors (Lipinski definition) is 2. The Bertz CT molecular complexity index is 351. The molecule has 0 radical (unpaired) electrons. The van der Waals surface area contributed by atoms with E-state index in [1.807, 2.05) is 31.2 Å². The van der Waals surface area contributed by atoms with Crippen LogP contribution in [-0.2, 0) is 4.79 Å². The van der Waals surface area contributed by atoms with Gasteiger partial charge in [0.05, 0.1) is 0 Å². The highest BCUT2D eigenvalue weighted by atomic mass is 32.2. The summed E-state index contributed by atoms with van der Waals surface area (Å²) in [7, 11) is 0. The van der Waals surface area contributed by atoms with Crippen LogP contribution in [0.15, 0.2) is 29.2 Å². The molecule has 0 amide bonds. The van der Waals surface area contributed by atoms with Crippen molar-refractivity contribution in [1.82, 2.24) is 4.72 Å². The van der Waals surface area contributed by atoms with E-state index in [1.54, 1.807) is 0 Å². The van der Waals surface area contributed by atoms with Crippen LogP contribution in [0.25, 0.3) is 0 Å². The van der Waals surface area contributed by atoms with Gasteiger partial charge in [0.15, 0.2) is 0 Å². The second-order valence-electron chi connectivity index (χ2n) is 4.07. The fourth-order valence-electron chi connectivity index (χ4n) is 1.39. The molecule has 4 heteroatoms. The summed E-state index contributed by atoms with van der Waals surface area (Å²) in [5.74, 6) is -0.780. The Morgan fingerprint density at radius 1 is 1.41 bits per heavy atom. The maximum absolute atomic E-state index is 11.0. The van der Waals surface area contributed by atoms with Crippen molar-refractivity contribution >= 4 is 17.9 Å². The topological polar surface area (TPSA) is 49.3 Å². The highest BCUT2D eigenvalue weighted by Gasteiger charge is 2.16. The minimum atomic E-state index is -0.780. The molecule has 0 saturated heterocycles. The third-order valence-electron chi connectivity index (χ3n) is 2.48. The van der Waals surface area contributed by atoms with E-state index in [0.717, 1.165) is 17.7 Å². The fourth-order valence-corrected chi connectivity index (χ4v) is 2.16. The monoisotopic (exact) mass is 253 g/mol. The molecule has 0 unspecified atom stereocenters. The van der Waals surface area contributed by atoms with E-state index in [2.05, 4.69) is 11.6 Å². The van der Waals surface area contributed by atoms with E-state index < -0.39 is 12.0 Å². The van der Waals surface area contributed by atoms with E-state index in [-0.39, 0.29) is 0 Å². The van der Waals surface area contributed by atoms with Crippen molar-refractivity contribution in [3.05, 3.63) is 29.8 Å². The Morgan fingerprint density at radius 3 is 2.59 bits per heavy atom. The first-order valence-corrected chi connectivity index (χ1v) is 6.67. The third-order valence-corrected chi connectivity index (χ3v) is 3.39. The maximum Gasteiger partial charge on any atom is 0.321 e. The summed E-state index contributed by atoms with van der Waals surface area (Å²) in [5.41, 5.74) is 1.20. The van der Waals surface area contributed by atoms with Gasteiger partial charge in [0.25, 0.3) is 0 Å². The van der Waals surface area contributed by atoms with Crippen molar-refractivity contribution in [2.45, 2.75) is 44.0 Å². The highest BCUT2D eigenvalue weighted by molar-refractivity contribution is 7.97. The Balaban J connectivity index is 2.45. The van der Waals surface area contributed by atoms with Crippen LogP contribution in [-0.4, -0.2) is 17.1 Å². The first kappa shape index (κ1) is 14.1. The van der Waals surface area contributed by atoms with Gasteiger partial charge >= 0.3 is 5.97 Å². The van der Waals surface area contributed by atoms with Crippen molar-refractivity contribution in [1.29, 1.82) is 0 Å². The molecule has 0 aliphatic rings. The van der Waals surface area contributed by atoms with Crippen LogP contribution >= 0.6 is 11.9 Å². The van der Waals surface area contributed by atoms with Crippen molar-refractivity contribution in [2.24, 2.45) is 0 Å². The largest absolute Gasteiger partial charge is 0.480 e. The minimum absolute atomic E-state index is 0.471. The van der Waals surface area contributed by atoms with Gasteiger partial charge in [0.2, 0.25) is 0 Å². The number of aliphatic carboxylic acids is 1. The summed E-state index contributed by atoms with van der Waals surface area (Å²) >= 11 is 1.39. The lowest BCUT2D eigenvalue weighted by molar-refractivity contribution is -0.139. The summed E-state index contributed by atoms with van der Waals surface area (Å²) in [6.45, 7) is 4.09. The van der Waals surface area contributed by atoms with E-state index in [9.17, 15) is 4.79 Å². The molecule has 1 atom stereocenters. The molecule has 0 spiro atoms. The molecule has 94 valence electrons. The van der Waals surface area contributed by atoms with E-state index in [1.165, 1.54) is 17.5 Å². The van der Waals surface area contributed by atoms with Gasteiger partial charge in [0, 0.05) is 4.90 Å². The molecule has 0 bridgehead atoms. The van der Waals surface area contributed by atoms with Crippen molar-refractivity contribution in [3.8, 4) is 0 Å². The Morgan fingerprint density at radius 2 is 2.06 bits per heavy atom. The number of hydrogen-bond acceptors (Lipinski definition) is 3. The molecule has 0 aromatic heterocycles. The number of nitrogens with one attached hydrogen (secondary N) is 1. The van der Waals surface area contributed by atoms with Crippen molar-refractivity contribution in [2.75, 3.05) is 0 Å². The lowest BCUT2D eigenvalue weighted by atomic mass is 10.1. The molecule has 1 rings (SSSR count). The van der Waals surface area contributed by atoms with E-state index in [0.29, 0.717) is 6.42 Å². The number of aryl methyl sites for hydroxylation is 1. The number of carboxylic acids is 1. The molecular weight excluding hydrogens is 234 g/mol. The Labute approximate surface area is 107 Å². The van der Waals surface area contributed by atoms with Gasteiger partial charge < -0.3 is 5.11 Å². The van der Waals surface area contributed by atoms with Crippen molar-refractivity contribution in [3.63, 3.8) is 0 Å². The predicted octanol–water partition coefficient (Wildman–Crippen LogP) is 3.24. The van der Waals surface area contributed by atoms with Crippen molar-refractivity contribution < 1.29 is 9.90 Å². The molecule has 3 nitrogen and oxygen atoms in total. The average molecular weight is 253 g/mol. The highest BCUT2D eigenvalue weighted by Crippen LogP contribution is 2.17. The predicted molar refractivity (Wildman–Crippen MR) is 71.1 cm³/mol. The van der Waals surface area contributed by atoms with Gasteiger partial charge in [-0.15, -0.1) is 0 Å². The molecule has 1 aromatic rings. The molecule has 0 saturated carbocycles. The van der Waals surface area contributed by atoms with E-state index in [4.69, 9.17) is 5.11 Å². The van der Waals surface area contributed by atoms with Crippen LogP contribution in [0.5, 0.6) is 0 Å². The molecule has 0 fully saturated rings. The molecule has 0 aliphatic heterocycles. The number of unbranched alkanes of at least 4 members (excludes halogenated alkanes) is 1. The smallest absolute Gasteiger partial charge is 0.321 e. The summed E-state index contributed by atoms with van der Waals surface area (Å²) in [6.07, 6.45) is 2.61. The number of carboxylic acid groups (broad SMARTS) is 1. The molecule has 2 N–H and O–H groups in total. The van der Waals surface area contributed by atoms with Gasteiger partial charge in [-0.3, -0.25) is 4.79 Å². The molecule has 0 aliphatic carbocycles. The summed E-state index contributed by atoms with van der Waals surface area (Å²) in [4.78, 5) is 12.0. The van der Waals surface area contributed by atoms with Crippen LogP contribution < -0.4 is 4.72 Å². The number of rotatable bonds is 7. The van der Waals surface area contributed by atoms with Crippen LogP contribution in [0.1, 0.15) is 31.7 Å². The molecular formula is C13H19NO2S.